The van der Waals surface area contributed by atoms with Crippen molar-refractivity contribution in [1.29, 1.82) is 0 Å². The third-order valence-corrected chi connectivity index (χ3v) is 11.1. The Hall–Kier alpha value is -0.123. The number of rotatable bonds is 11. The molecule has 2 nitrogen and oxygen atoms in total. The zero-order chi connectivity index (χ0) is 16.6. The van der Waals surface area contributed by atoms with Crippen LogP contribution in [-0.4, -0.2) is 26.1 Å². The second-order valence-corrected chi connectivity index (χ2v) is 12.8. The first-order chi connectivity index (χ1) is 9.70. The van der Waals surface area contributed by atoms with Gasteiger partial charge >= 0.3 is 0 Å². The van der Waals surface area contributed by atoms with Gasteiger partial charge in [-0.25, -0.2) is 0 Å². The van der Waals surface area contributed by atoms with Gasteiger partial charge in [0, 0.05) is 6.61 Å². The topological polar surface area (TPSA) is 29.5 Å². The molecule has 0 amide bonds. The van der Waals surface area contributed by atoms with E-state index in [0.717, 1.165) is 25.9 Å². The summed E-state index contributed by atoms with van der Waals surface area (Å²) in [7, 11) is -1.71. The number of hydrogen-bond acceptors (Lipinski definition) is 2. The fourth-order valence-electron chi connectivity index (χ4n) is 3.62. The highest BCUT2D eigenvalue weighted by molar-refractivity contribution is 6.77. The quantitative estimate of drug-likeness (QED) is 0.308. The third kappa shape index (κ3) is 5.88. The van der Waals surface area contributed by atoms with Crippen LogP contribution in [0.15, 0.2) is 12.7 Å². The molecule has 0 aromatic heterocycles. The van der Waals surface area contributed by atoms with E-state index >= 15 is 0 Å². The zero-order valence-electron chi connectivity index (χ0n) is 15.4. The van der Waals surface area contributed by atoms with Crippen molar-refractivity contribution in [3.8, 4) is 0 Å². The highest BCUT2D eigenvalue weighted by Gasteiger charge is 2.44. The van der Waals surface area contributed by atoms with Gasteiger partial charge in [-0.3, -0.25) is 0 Å². The van der Waals surface area contributed by atoms with Crippen LogP contribution in [0.3, 0.4) is 0 Å². The van der Waals surface area contributed by atoms with E-state index in [1.807, 2.05) is 13.0 Å². The molecule has 126 valence electrons. The molecule has 1 N–H and O–H groups in total. The first kappa shape index (κ1) is 20.9. The molecule has 0 heterocycles. The highest BCUT2D eigenvalue weighted by Crippen LogP contribution is 2.42. The standard InChI is InChI=1S/C18H38O2Si/c1-9-17(8)18(19)12-10-11-13-20-21(14(2)3,15(4)5)16(6)7/h9,14-19H,1,10-13H2,2-8H3/t17-,18-/m1/s1. The van der Waals surface area contributed by atoms with Gasteiger partial charge in [0.15, 0.2) is 8.32 Å². The molecule has 0 unspecified atom stereocenters. The fourth-order valence-corrected chi connectivity index (χ4v) is 9.12. The highest BCUT2D eigenvalue weighted by atomic mass is 28.4. The van der Waals surface area contributed by atoms with Crippen molar-refractivity contribution in [3.05, 3.63) is 12.7 Å². The summed E-state index contributed by atoms with van der Waals surface area (Å²) in [6, 6.07) is 0. The molecule has 0 saturated carbocycles. The van der Waals surface area contributed by atoms with Crippen molar-refractivity contribution in [2.45, 2.75) is 90.5 Å². The minimum absolute atomic E-state index is 0.182. The van der Waals surface area contributed by atoms with E-state index in [1.165, 1.54) is 0 Å². The Bertz CT molecular complexity index is 265. The predicted octanol–water partition coefficient (Wildman–Crippen LogP) is 5.53. The Kier molecular flexibility index (Phi) is 9.75. The van der Waals surface area contributed by atoms with E-state index in [0.29, 0.717) is 16.6 Å². The van der Waals surface area contributed by atoms with Crippen molar-refractivity contribution in [2.75, 3.05) is 6.61 Å². The second kappa shape index (κ2) is 9.81. The lowest BCUT2D eigenvalue weighted by molar-refractivity contribution is 0.123. The van der Waals surface area contributed by atoms with Gasteiger partial charge in [0.1, 0.15) is 0 Å². The smallest absolute Gasteiger partial charge is 0.200 e. The Morgan fingerprint density at radius 2 is 1.43 bits per heavy atom. The second-order valence-electron chi connectivity index (χ2n) is 7.32. The van der Waals surface area contributed by atoms with Gasteiger partial charge in [-0.05, 0) is 41.8 Å². The molecule has 0 aromatic rings. The van der Waals surface area contributed by atoms with Crippen LogP contribution >= 0.6 is 0 Å². The number of unbranched alkanes of at least 4 members (excludes halogenated alkanes) is 1. The molecule has 0 saturated heterocycles. The summed E-state index contributed by atoms with van der Waals surface area (Å²) in [6.07, 6.45) is 4.48. The molecular weight excluding hydrogens is 276 g/mol. The molecule has 0 bridgehead atoms. The van der Waals surface area contributed by atoms with Gasteiger partial charge in [0.2, 0.25) is 0 Å². The summed E-state index contributed by atoms with van der Waals surface area (Å²) in [5, 5.41) is 9.94. The van der Waals surface area contributed by atoms with Crippen LogP contribution in [0.25, 0.3) is 0 Å². The Balaban J connectivity index is 4.31. The van der Waals surface area contributed by atoms with Gasteiger partial charge in [-0.15, -0.1) is 6.58 Å². The number of aliphatic hydroxyl groups excluding tert-OH is 1. The van der Waals surface area contributed by atoms with Crippen molar-refractivity contribution in [2.24, 2.45) is 5.92 Å². The first-order valence-electron chi connectivity index (χ1n) is 8.64. The van der Waals surface area contributed by atoms with E-state index in [4.69, 9.17) is 4.43 Å². The van der Waals surface area contributed by atoms with Gasteiger partial charge in [0.05, 0.1) is 6.10 Å². The van der Waals surface area contributed by atoms with E-state index in [9.17, 15) is 5.11 Å². The maximum absolute atomic E-state index is 9.94. The average molecular weight is 315 g/mol. The summed E-state index contributed by atoms with van der Waals surface area (Å²) in [5.74, 6) is 0.182. The summed E-state index contributed by atoms with van der Waals surface area (Å²) in [5.41, 5.74) is 1.93. The first-order valence-corrected chi connectivity index (χ1v) is 10.8. The van der Waals surface area contributed by atoms with Gasteiger partial charge in [-0.2, -0.15) is 0 Å². The molecule has 0 aliphatic rings. The van der Waals surface area contributed by atoms with E-state index < -0.39 is 8.32 Å². The molecule has 0 aliphatic carbocycles. The van der Waals surface area contributed by atoms with Gasteiger partial charge in [-0.1, -0.05) is 54.5 Å². The molecule has 0 fully saturated rings. The summed E-state index contributed by atoms with van der Waals surface area (Å²) >= 11 is 0. The van der Waals surface area contributed by atoms with Crippen LogP contribution in [0.2, 0.25) is 16.6 Å². The molecule has 0 radical (unpaired) electrons. The molecule has 3 heteroatoms. The molecular formula is C18H38O2Si. The van der Waals surface area contributed by atoms with Crippen molar-refractivity contribution >= 4 is 8.32 Å². The van der Waals surface area contributed by atoms with Crippen LogP contribution < -0.4 is 0 Å². The average Bonchev–Trinajstić information content (AvgIpc) is 2.40. The molecule has 0 spiro atoms. The Morgan fingerprint density at radius 3 is 1.81 bits per heavy atom. The maximum Gasteiger partial charge on any atom is 0.200 e. The Labute approximate surface area is 134 Å². The van der Waals surface area contributed by atoms with Crippen LogP contribution in [0, 0.1) is 5.92 Å². The molecule has 0 rings (SSSR count). The lowest BCUT2D eigenvalue weighted by atomic mass is 10.00. The van der Waals surface area contributed by atoms with Crippen LogP contribution in [0.4, 0.5) is 0 Å². The lowest BCUT2D eigenvalue weighted by Crippen LogP contribution is -2.47. The van der Waals surface area contributed by atoms with E-state index in [1.54, 1.807) is 0 Å². The van der Waals surface area contributed by atoms with Crippen LogP contribution in [-0.2, 0) is 4.43 Å². The van der Waals surface area contributed by atoms with Crippen LogP contribution in [0.1, 0.15) is 67.7 Å². The molecule has 0 aliphatic heterocycles. The number of aliphatic hydroxyl groups is 1. The maximum atomic E-state index is 9.94. The van der Waals surface area contributed by atoms with Gasteiger partial charge < -0.3 is 9.53 Å². The minimum Gasteiger partial charge on any atom is -0.416 e. The van der Waals surface area contributed by atoms with E-state index in [2.05, 4.69) is 48.1 Å². The lowest BCUT2D eigenvalue weighted by Gasteiger charge is -2.42. The van der Waals surface area contributed by atoms with Crippen molar-refractivity contribution in [3.63, 3.8) is 0 Å². The van der Waals surface area contributed by atoms with Crippen LogP contribution in [0.5, 0.6) is 0 Å². The fraction of sp³-hybridized carbons (Fsp3) is 0.889. The van der Waals surface area contributed by atoms with Gasteiger partial charge in [0.25, 0.3) is 0 Å². The largest absolute Gasteiger partial charge is 0.416 e. The molecule has 0 aromatic carbocycles. The number of hydrogen-bond donors (Lipinski definition) is 1. The normalized spacial score (nSPS) is 15.8. The van der Waals surface area contributed by atoms with E-state index in [-0.39, 0.29) is 12.0 Å². The van der Waals surface area contributed by atoms with Crippen molar-refractivity contribution < 1.29 is 9.53 Å². The summed E-state index contributed by atoms with van der Waals surface area (Å²) in [4.78, 5) is 0. The summed E-state index contributed by atoms with van der Waals surface area (Å²) in [6.45, 7) is 20.5. The monoisotopic (exact) mass is 314 g/mol. The minimum atomic E-state index is -1.71. The van der Waals surface area contributed by atoms with Crippen molar-refractivity contribution in [1.82, 2.24) is 0 Å². The third-order valence-electron chi connectivity index (χ3n) is 4.93. The molecule has 2 atom stereocenters. The SMILES string of the molecule is C=C[C@@H](C)[C@H](O)CCCCO[Si](C(C)C)(C(C)C)C(C)C. The predicted molar refractivity (Wildman–Crippen MR) is 96.2 cm³/mol. The zero-order valence-corrected chi connectivity index (χ0v) is 16.4. The molecule has 21 heavy (non-hydrogen) atoms. The Morgan fingerprint density at radius 1 is 0.952 bits per heavy atom. The summed E-state index contributed by atoms with van der Waals surface area (Å²) < 4.78 is 6.52.